The number of amides is 2. The second-order valence-electron chi connectivity index (χ2n) is 9.51. The van der Waals surface area contributed by atoms with Crippen LogP contribution in [-0.4, -0.2) is 80.5 Å². The quantitative estimate of drug-likeness (QED) is 0.230. The lowest BCUT2D eigenvalue weighted by molar-refractivity contribution is -0.142. The predicted octanol–water partition coefficient (Wildman–Crippen LogP) is 2.43. The van der Waals surface area contributed by atoms with Crippen LogP contribution in [0, 0.1) is 0 Å². The summed E-state index contributed by atoms with van der Waals surface area (Å²) in [6, 6.07) is 7.53. The number of carbonyl (C=O) groups excluding carboxylic acids is 2. The molecule has 0 heterocycles. The van der Waals surface area contributed by atoms with Crippen molar-refractivity contribution in [1.82, 2.24) is 5.32 Å². The maximum atomic E-state index is 12.2. The van der Waals surface area contributed by atoms with Crippen LogP contribution < -0.4 is 11.1 Å². The van der Waals surface area contributed by atoms with Crippen molar-refractivity contribution in [3.63, 3.8) is 0 Å². The number of aliphatic carboxylic acids is 1. The molecule has 2 amide bonds. The van der Waals surface area contributed by atoms with Crippen LogP contribution in [0.15, 0.2) is 24.3 Å². The van der Waals surface area contributed by atoms with Crippen molar-refractivity contribution in [2.45, 2.75) is 71.3 Å². The lowest BCUT2D eigenvalue weighted by Crippen LogP contribution is -2.45. The molecule has 1 rings (SSSR count). The van der Waals surface area contributed by atoms with Gasteiger partial charge in [-0.25, -0.2) is 9.59 Å². The molecule has 0 saturated heterocycles. The molecule has 37 heavy (non-hydrogen) atoms. The Hall–Kier alpha value is -2.73. The normalized spacial score (nSPS) is 13.1. The van der Waals surface area contributed by atoms with Gasteiger partial charge in [0.05, 0.1) is 51.8 Å². The first-order chi connectivity index (χ1) is 17.5. The van der Waals surface area contributed by atoms with Gasteiger partial charge in [-0.1, -0.05) is 24.3 Å². The summed E-state index contributed by atoms with van der Waals surface area (Å²) in [6.07, 6.45) is 0.274. The number of hydrogen-bond donors (Lipinski definition) is 3. The van der Waals surface area contributed by atoms with E-state index in [1.807, 2.05) is 31.2 Å². The Labute approximate surface area is 218 Å². The van der Waals surface area contributed by atoms with Gasteiger partial charge in [0.2, 0.25) is 5.91 Å². The molecule has 0 aliphatic carbocycles. The first-order valence-electron chi connectivity index (χ1n) is 12.4. The van der Waals surface area contributed by atoms with E-state index in [1.54, 1.807) is 20.8 Å². The van der Waals surface area contributed by atoms with Crippen LogP contribution in [0.3, 0.4) is 0 Å². The van der Waals surface area contributed by atoms with Gasteiger partial charge in [-0.05, 0) is 51.7 Å². The number of nitrogens with one attached hydrogen (secondary N) is 1. The van der Waals surface area contributed by atoms with E-state index in [2.05, 4.69) is 5.32 Å². The second-order valence-corrected chi connectivity index (χ2v) is 9.51. The van der Waals surface area contributed by atoms with Crippen molar-refractivity contribution in [3.05, 3.63) is 35.4 Å². The zero-order chi connectivity index (χ0) is 27.7. The third-order valence-corrected chi connectivity index (χ3v) is 5.01. The Kier molecular flexibility index (Phi) is 15.4. The Morgan fingerprint density at radius 1 is 0.946 bits per heavy atom. The Morgan fingerprint density at radius 3 is 2.08 bits per heavy atom. The van der Waals surface area contributed by atoms with E-state index >= 15 is 0 Å². The van der Waals surface area contributed by atoms with Crippen LogP contribution in [-0.2, 0) is 46.3 Å². The van der Waals surface area contributed by atoms with Gasteiger partial charge in [0.1, 0.15) is 12.2 Å². The van der Waals surface area contributed by atoms with Gasteiger partial charge in [-0.3, -0.25) is 4.79 Å². The average molecular weight is 527 g/mol. The van der Waals surface area contributed by atoms with E-state index in [9.17, 15) is 14.4 Å². The molecule has 0 aromatic heterocycles. The number of benzene rings is 1. The standard InChI is InChI=1S/C26H42N2O9/c1-19(22(9-10-23(27)29)28-25(32)37-26(2,3)4)36-17-21-7-5-20(6-8-21)11-12-33-13-14-34-15-16-35-18-24(30)31/h5-8,19,22H,9-18H2,1-4H3,(H2,27,29)(H,28,32)(H,30,31)/t19-,22+/m1/s1. The molecule has 1 aromatic rings. The van der Waals surface area contributed by atoms with E-state index in [0.717, 1.165) is 17.5 Å². The third kappa shape index (κ3) is 17.4. The van der Waals surface area contributed by atoms with E-state index in [0.29, 0.717) is 39.5 Å². The van der Waals surface area contributed by atoms with Gasteiger partial charge >= 0.3 is 12.1 Å². The van der Waals surface area contributed by atoms with Crippen LogP contribution >= 0.6 is 0 Å². The van der Waals surface area contributed by atoms with Gasteiger partial charge in [0.25, 0.3) is 0 Å². The largest absolute Gasteiger partial charge is 0.480 e. The first-order valence-corrected chi connectivity index (χ1v) is 12.4. The van der Waals surface area contributed by atoms with Crippen LogP contribution in [0.4, 0.5) is 4.79 Å². The summed E-state index contributed by atoms with van der Waals surface area (Å²) in [7, 11) is 0. The SMILES string of the molecule is C[C@@H](OCc1ccc(CCOCCOCCOCC(=O)O)cc1)[C@H](CCC(N)=O)NC(=O)OC(C)(C)C. The Bertz CT molecular complexity index is 809. The summed E-state index contributed by atoms with van der Waals surface area (Å²) >= 11 is 0. The number of carbonyl (C=O) groups is 3. The van der Waals surface area contributed by atoms with Crippen LogP contribution in [0.1, 0.15) is 51.7 Å². The topological polar surface area (TPSA) is 156 Å². The molecular weight excluding hydrogens is 484 g/mol. The Morgan fingerprint density at radius 2 is 1.51 bits per heavy atom. The minimum atomic E-state index is -1.00. The molecule has 210 valence electrons. The minimum Gasteiger partial charge on any atom is -0.480 e. The molecule has 0 aliphatic rings. The van der Waals surface area contributed by atoms with Crippen molar-refractivity contribution in [2.24, 2.45) is 5.73 Å². The van der Waals surface area contributed by atoms with Gasteiger partial charge in [0, 0.05) is 6.42 Å². The molecule has 0 bridgehead atoms. The molecule has 0 unspecified atom stereocenters. The number of hydrogen-bond acceptors (Lipinski definition) is 8. The fraction of sp³-hybridized carbons (Fsp3) is 0.654. The summed E-state index contributed by atoms with van der Waals surface area (Å²) in [4.78, 5) is 33.8. The number of nitrogens with two attached hydrogens (primary N) is 1. The molecule has 2 atom stereocenters. The summed E-state index contributed by atoms with van der Waals surface area (Å²) in [5.74, 6) is -1.45. The summed E-state index contributed by atoms with van der Waals surface area (Å²) < 4.78 is 27.0. The van der Waals surface area contributed by atoms with Gasteiger partial charge in [-0.15, -0.1) is 0 Å². The maximum absolute atomic E-state index is 12.2. The van der Waals surface area contributed by atoms with Crippen LogP contribution in [0.5, 0.6) is 0 Å². The van der Waals surface area contributed by atoms with Crippen molar-refractivity contribution in [1.29, 1.82) is 0 Å². The highest BCUT2D eigenvalue weighted by Crippen LogP contribution is 2.13. The summed E-state index contributed by atoms with van der Waals surface area (Å²) in [6.45, 7) is 9.14. The highest BCUT2D eigenvalue weighted by Gasteiger charge is 2.24. The molecule has 0 saturated carbocycles. The second kappa shape index (κ2) is 17.7. The monoisotopic (exact) mass is 526 g/mol. The zero-order valence-corrected chi connectivity index (χ0v) is 22.3. The average Bonchev–Trinajstić information content (AvgIpc) is 2.80. The van der Waals surface area contributed by atoms with Crippen molar-refractivity contribution >= 4 is 18.0 Å². The zero-order valence-electron chi connectivity index (χ0n) is 22.3. The van der Waals surface area contributed by atoms with E-state index in [4.69, 9.17) is 34.5 Å². The molecular formula is C26H42N2O9. The molecule has 1 aromatic carbocycles. The number of carboxylic acids is 1. The fourth-order valence-electron chi connectivity index (χ4n) is 3.12. The first kappa shape index (κ1) is 32.3. The molecule has 0 spiro atoms. The molecule has 11 nitrogen and oxygen atoms in total. The molecule has 0 fully saturated rings. The molecule has 0 aliphatic heterocycles. The Balaban J connectivity index is 2.35. The van der Waals surface area contributed by atoms with E-state index < -0.39 is 29.6 Å². The molecule has 11 heteroatoms. The number of rotatable bonds is 19. The summed E-state index contributed by atoms with van der Waals surface area (Å²) in [5, 5.41) is 11.2. The van der Waals surface area contributed by atoms with Crippen LogP contribution in [0.25, 0.3) is 0 Å². The highest BCUT2D eigenvalue weighted by molar-refractivity contribution is 5.74. The summed E-state index contributed by atoms with van der Waals surface area (Å²) in [5.41, 5.74) is 6.74. The smallest absolute Gasteiger partial charge is 0.407 e. The number of alkyl carbamates (subject to hydrolysis) is 1. The van der Waals surface area contributed by atoms with Crippen molar-refractivity contribution in [2.75, 3.05) is 39.6 Å². The van der Waals surface area contributed by atoms with Gasteiger partial charge < -0.3 is 39.8 Å². The maximum Gasteiger partial charge on any atom is 0.407 e. The molecule has 4 N–H and O–H groups in total. The lowest BCUT2D eigenvalue weighted by Gasteiger charge is -2.27. The molecule has 0 radical (unpaired) electrons. The minimum absolute atomic E-state index is 0.123. The van der Waals surface area contributed by atoms with Crippen LogP contribution in [0.2, 0.25) is 0 Å². The number of carboxylic acid groups (broad SMARTS) is 1. The number of primary amides is 1. The predicted molar refractivity (Wildman–Crippen MR) is 136 cm³/mol. The number of ether oxygens (including phenoxy) is 5. The third-order valence-electron chi connectivity index (χ3n) is 5.01. The van der Waals surface area contributed by atoms with Gasteiger partial charge in [0.15, 0.2) is 0 Å². The van der Waals surface area contributed by atoms with E-state index in [1.165, 1.54) is 0 Å². The highest BCUT2D eigenvalue weighted by atomic mass is 16.6. The lowest BCUT2D eigenvalue weighted by atomic mass is 10.1. The van der Waals surface area contributed by atoms with E-state index in [-0.39, 0.29) is 25.7 Å². The van der Waals surface area contributed by atoms with Gasteiger partial charge in [-0.2, -0.15) is 0 Å². The fourth-order valence-corrected chi connectivity index (χ4v) is 3.12. The van der Waals surface area contributed by atoms with Crippen molar-refractivity contribution in [3.8, 4) is 0 Å². The van der Waals surface area contributed by atoms with Crippen molar-refractivity contribution < 1.29 is 43.2 Å².